The molecule has 102 valence electrons. The van der Waals surface area contributed by atoms with Crippen LogP contribution >= 0.6 is 11.3 Å². The Hall–Kier alpha value is -1.89. The topological polar surface area (TPSA) is 79.9 Å². The first-order valence-electron chi connectivity index (χ1n) is 6.09. The first-order chi connectivity index (χ1) is 9.13. The molecule has 2 N–H and O–H groups in total. The molecule has 0 fully saturated rings. The number of nitrogens with one attached hydrogen (secondary N) is 2. The second-order valence-electron chi connectivity index (χ2n) is 3.92. The highest BCUT2D eigenvalue weighted by molar-refractivity contribution is 7.14. The minimum Gasteiger partial charge on any atom is -0.463 e. The van der Waals surface area contributed by atoms with Crippen molar-refractivity contribution in [3.63, 3.8) is 0 Å². The third-order valence-electron chi connectivity index (χ3n) is 2.54. The van der Waals surface area contributed by atoms with E-state index < -0.39 is 0 Å². The molecule has 0 saturated carbocycles. The van der Waals surface area contributed by atoms with E-state index in [1.165, 1.54) is 16.2 Å². The predicted molar refractivity (Wildman–Crippen MR) is 73.9 cm³/mol. The van der Waals surface area contributed by atoms with E-state index in [9.17, 15) is 4.79 Å². The number of hydrogen-bond donors (Lipinski definition) is 2. The molecule has 2 aromatic heterocycles. The van der Waals surface area contributed by atoms with Crippen LogP contribution in [0.2, 0.25) is 0 Å². The van der Waals surface area contributed by atoms with E-state index in [1.807, 2.05) is 19.9 Å². The van der Waals surface area contributed by atoms with Gasteiger partial charge in [0.1, 0.15) is 0 Å². The number of H-pyrrole nitrogens is 1. The highest BCUT2D eigenvalue weighted by Gasteiger charge is 2.13. The van der Waals surface area contributed by atoms with Crippen LogP contribution in [0.1, 0.15) is 34.0 Å². The maximum atomic E-state index is 12.0. The molecule has 0 saturated heterocycles. The van der Waals surface area contributed by atoms with Gasteiger partial charge >= 0.3 is 6.01 Å². The van der Waals surface area contributed by atoms with Gasteiger partial charge in [0.25, 0.3) is 5.91 Å². The second-order valence-corrected chi connectivity index (χ2v) is 5.06. The number of thiophene rings is 1. The molecule has 2 aromatic rings. The standard InChI is InChI=1S/C12H16N4O2S/c1-4-8-7(3)6-9(19-8)10(17)13-11-14-12(16-15-11)18-5-2/h6H,4-5H2,1-3H3,(H2,13,14,15,16,17). The summed E-state index contributed by atoms with van der Waals surface area (Å²) in [7, 11) is 0. The molecule has 0 aliphatic rings. The van der Waals surface area contributed by atoms with Crippen LogP contribution in [0.4, 0.5) is 5.95 Å². The van der Waals surface area contributed by atoms with E-state index in [0.29, 0.717) is 11.5 Å². The summed E-state index contributed by atoms with van der Waals surface area (Å²) in [6.07, 6.45) is 0.931. The van der Waals surface area contributed by atoms with Crippen molar-refractivity contribution in [2.24, 2.45) is 0 Å². The number of aryl methyl sites for hydroxylation is 2. The summed E-state index contributed by atoms with van der Waals surface area (Å²) in [6.45, 7) is 6.41. The molecule has 19 heavy (non-hydrogen) atoms. The Morgan fingerprint density at radius 3 is 2.95 bits per heavy atom. The molecule has 0 aliphatic carbocycles. The molecule has 0 spiro atoms. The number of carbonyl (C=O) groups excluding carboxylic acids is 1. The van der Waals surface area contributed by atoms with Gasteiger partial charge in [0.15, 0.2) is 0 Å². The van der Waals surface area contributed by atoms with Gasteiger partial charge in [0, 0.05) is 4.88 Å². The molecule has 0 radical (unpaired) electrons. The van der Waals surface area contributed by atoms with Gasteiger partial charge in [-0.05, 0) is 31.9 Å². The maximum absolute atomic E-state index is 12.0. The zero-order chi connectivity index (χ0) is 13.8. The molecular formula is C12H16N4O2S. The number of ether oxygens (including phenoxy) is 1. The van der Waals surface area contributed by atoms with Crippen LogP contribution in [0.3, 0.4) is 0 Å². The minimum absolute atomic E-state index is 0.188. The predicted octanol–water partition coefficient (Wildman–Crippen LogP) is 2.39. The Balaban J connectivity index is 2.06. The summed E-state index contributed by atoms with van der Waals surface area (Å²) in [6, 6.07) is 2.12. The zero-order valence-electron chi connectivity index (χ0n) is 11.1. The van der Waals surface area contributed by atoms with E-state index >= 15 is 0 Å². The molecular weight excluding hydrogens is 264 g/mol. The Kier molecular flexibility index (Phi) is 4.16. The first kappa shape index (κ1) is 13.5. The Morgan fingerprint density at radius 1 is 1.53 bits per heavy atom. The average Bonchev–Trinajstić information content (AvgIpc) is 2.96. The number of amides is 1. The van der Waals surface area contributed by atoms with Gasteiger partial charge in [-0.3, -0.25) is 10.1 Å². The van der Waals surface area contributed by atoms with Crippen molar-refractivity contribution in [1.29, 1.82) is 0 Å². The Bertz CT molecular complexity index is 576. The second kappa shape index (κ2) is 5.83. The number of anilines is 1. The van der Waals surface area contributed by atoms with Crippen LogP contribution in [-0.2, 0) is 6.42 Å². The lowest BCUT2D eigenvalue weighted by Crippen LogP contribution is -2.11. The van der Waals surface area contributed by atoms with E-state index in [2.05, 4.69) is 27.4 Å². The Morgan fingerprint density at radius 2 is 2.32 bits per heavy atom. The average molecular weight is 280 g/mol. The van der Waals surface area contributed by atoms with E-state index in [1.54, 1.807) is 0 Å². The summed E-state index contributed by atoms with van der Waals surface area (Å²) < 4.78 is 5.11. The quantitative estimate of drug-likeness (QED) is 0.881. The largest absolute Gasteiger partial charge is 0.463 e. The van der Waals surface area contributed by atoms with E-state index in [0.717, 1.165) is 12.0 Å². The van der Waals surface area contributed by atoms with E-state index in [4.69, 9.17) is 4.74 Å². The summed E-state index contributed by atoms with van der Waals surface area (Å²) in [4.78, 5) is 17.9. The molecule has 0 aliphatic heterocycles. The highest BCUT2D eigenvalue weighted by Crippen LogP contribution is 2.23. The minimum atomic E-state index is -0.188. The lowest BCUT2D eigenvalue weighted by molar-refractivity contribution is 0.102. The van der Waals surface area contributed by atoms with Gasteiger partial charge in [0.2, 0.25) is 5.95 Å². The fourth-order valence-corrected chi connectivity index (χ4v) is 2.66. The fraction of sp³-hybridized carbons (Fsp3) is 0.417. The molecule has 2 rings (SSSR count). The number of nitrogens with zero attached hydrogens (tertiary/aromatic N) is 2. The molecule has 0 aromatic carbocycles. The first-order valence-corrected chi connectivity index (χ1v) is 6.91. The van der Waals surface area contributed by atoms with Crippen LogP contribution in [0.15, 0.2) is 6.07 Å². The summed E-state index contributed by atoms with van der Waals surface area (Å²) in [5.74, 6) is 0.101. The van der Waals surface area contributed by atoms with Crippen molar-refractivity contribution in [3.8, 4) is 6.01 Å². The number of aromatic amines is 1. The van der Waals surface area contributed by atoms with Crippen LogP contribution in [-0.4, -0.2) is 27.7 Å². The number of aromatic nitrogens is 3. The molecule has 0 bridgehead atoms. The SMILES string of the molecule is CCOc1n[nH]c(NC(=O)c2cc(C)c(CC)s2)n1. The number of rotatable bonds is 5. The van der Waals surface area contributed by atoms with Crippen molar-refractivity contribution in [2.75, 3.05) is 11.9 Å². The van der Waals surface area contributed by atoms with Gasteiger partial charge in [-0.2, -0.15) is 4.98 Å². The molecule has 1 amide bonds. The third kappa shape index (κ3) is 3.11. The van der Waals surface area contributed by atoms with Crippen LogP contribution in [0.5, 0.6) is 6.01 Å². The highest BCUT2D eigenvalue weighted by atomic mass is 32.1. The molecule has 0 unspecified atom stereocenters. The molecule has 2 heterocycles. The summed E-state index contributed by atoms with van der Waals surface area (Å²) in [5, 5.41) is 9.10. The van der Waals surface area contributed by atoms with Crippen molar-refractivity contribution >= 4 is 23.2 Å². The van der Waals surface area contributed by atoms with Crippen molar-refractivity contribution in [1.82, 2.24) is 15.2 Å². The lowest BCUT2D eigenvalue weighted by Gasteiger charge is -1.97. The van der Waals surface area contributed by atoms with Gasteiger partial charge in [-0.15, -0.1) is 16.4 Å². The zero-order valence-corrected chi connectivity index (χ0v) is 11.9. The molecule has 0 atom stereocenters. The number of hydrogen-bond acceptors (Lipinski definition) is 5. The summed E-state index contributed by atoms with van der Waals surface area (Å²) in [5.41, 5.74) is 1.14. The van der Waals surface area contributed by atoms with E-state index in [-0.39, 0.29) is 17.9 Å². The fourth-order valence-electron chi connectivity index (χ4n) is 1.65. The van der Waals surface area contributed by atoms with Crippen molar-refractivity contribution in [3.05, 3.63) is 21.4 Å². The van der Waals surface area contributed by atoms with Gasteiger partial charge in [0.05, 0.1) is 11.5 Å². The normalized spacial score (nSPS) is 10.5. The molecule has 7 heteroatoms. The summed E-state index contributed by atoms with van der Waals surface area (Å²) >= 11 is 1.50. The van der Waals surface area contributed by atoms with Crippen LogP contribution in [0, 0.1) is 6.92 Å². The van der Waals surface area contributed by atoms with Crippen molar-refractivity contribution < 1.29 is 9.53 Å². The van der Waals surface area contributed by atoms with Gasteiger partial charge < -0.3 is 4.74 Å². The van der Waals surface area contributed by atoms with Crippen LogP contribution in [0.25, 0.3) is 0 Å². The smallest absolute Gasteiger partial charge is 0.337 e. The third-order valence-corrected chi connectivity index (χ3v) is 3.92. The van der Waals surface area contributed by atoms with Gasteiger partial charge in [-0.1, -0.05) is 6.92 Å². The number of carbonyl (C=O) groups is 1. The Labute approximate surface area is 115 Å². The maximum Gasteiger partial charge on any atom is 0.337 e. The van der Waals surface area contributed by atoms with Gasteiger partial charge in [-0.25, -0.2) is 5.10 Å². The monoisotopic (exact) mass is 280 g/mol. The van der Waals surface area contributed by atoms with Crippen LogP contribution < -0.4 is 10.1 Å². The van der Waals surface area contributed by atoms with Crippen molar-refractivity contribution in [2.45, 2.75) is 27.2 Å². The molecule has 6 nitrogen and oxygen atoms in total. The lowest BCUT2D eigenvalue weighted by atomic mass is 10.2.